The van der Waals surface area contributed by atoms with Gasteiger partial charge in [-0.3, -0.25) is 0 Å². The van der Waals surface area contributed by atoms with E-state index in [0.717, 1.165) is 23.4 Å². The van der Waals surface area contributed by atoms with Gasteiger partial charge in [0.15, 0.2) is 0 Å². The Morgan fingerprint density at radius 1 is 1.09 bits per heavy atom. The van der Waals surface area contributed by atoms with Gasteiger partial charge < -0.3 is 10.0 Å². The van der Waals surface area contributed by atoms with Gasteiger partial charge in [-0.15, -0.1) is 12.4 Å². The number of hydrogen-bond acceptors (Lipinski definition) is 3. The molecule has 0 saturated carbocycles. The number of rotatable bonds is 3. The molecular formula is C18H21Cl2NOS. The molecule has 3 rings (SSSR count). The topological polar surface area (TPSA) is 23.5 Å². The molecule has 1 N–H and O–H groups in total. The van der Waals surface area contributed by atoms with E-state index >= 15 is 0 Å². The SMILES string of the molecule is CN(C)CC[C@H]1c2ccccc2Sc2ccc(Cl)cc2[C@H]1O.Cl. The fraction of sp³-hybridized carbons (Fsp3) is 0.333. The molecule has 0 saturated heterocycles. The number of benzene rings is 2. The molecule has 2 nitrogen and oxygen atoms in total. The first-order valence-corrected chi connectivity index (χ1v) is 8.64. The van der Waals surface area contributed by atoms with Crippen molar-refractivity contribution in [2.75, 3.05) is 20.6 Å². The number of fused-ring (bicyclic) bond motifs is 2. The van der Waals surface area contributed by atoms with Crippen molar-refractivity contribution in [2.45, 2.75) is 28.2 Å². The number of halogens is 2. The zero-order valence-electron chi connectivity index (χ0n) is 13.2. The molecule has 0 spiro atoms. The normalized spacial score (nSPS) is 19.5. The summed E-state index contributed by atoms with van der Waals surface area (Å²) in [7, 11) is 4.13. The molecule has 124 valence electrons. The number of aliphatic hydroxyl groups excluding tert-OH is 1. The Hall–Kier alpha value is -0.710. The van der Waals surface area contributed by atoms with Crippen LogP contribution in [0.5, 0.6) is 0 Å². The Kier molecular flexibility index (Phi) is 6.40. The Morgan fingerprint density at radius 3 is 2.52 bits per heavy atom. The van der Waals surface area contributed by atoms with Gasteiger partial charge in [0.1, 0.15) is 0 Å². The van der Waals surface area contributed by atoms with Crippen molar-refractivity contribution in [1.82, 2.24) is 4.90 Å². The number of aliphatic hydroxyl groups is 1. The molecule has 2 aromatic rings. The lowest BCUT2D eigenvalue weighted by Crippen LogP contribution is -2.19. The van der Waals surface area contributed by atoms with Crippen molar-refractivity contribution in [2.24, 2.45) is 0 Å². The van der Waals surface area contributed by atoms with E-state index in [0.29, 0.717) is 5.02 Å². The van der Waals surface area contributed by atoms with Crippen molar-refractivity contribution >= 4 is 35.8 Å². The van der Waals surface area contributed by atoms with Crippen LogP contribution in [0.2, 0.25) is 5.02 Å². The fourth-order valence-electron chi connectivity index (χ4n) is 2.94. The molecule has 2 atom stereocenters. The van der Waals surface area contributed by atoms with Gasteiger partial charge >= 0.3 is 0 Å². The highest BCUT2D eigenvalue weighted by Gasteiger charge is 2.30. The summed E-state index contributed by atoms with van der Waals surface area (Å²) >= 11 is 7.87. The van der Waals surface area contributed by atoms with E-state index < -0.39 is 6.10 Å². The maximum Gasteiger partial charge on any atom is 0.0870 e. The van der Waals surface area contributed by atoms with Gasteiger partial charge in [-0.05, 0) is 62.5 Å². The minimum atomic E-state index is -0.523. The quantitative estimate of drug-likeness (QED) is 0.823. The first kappa shape index (κ1) is 18.6. The molecule has 0 unspecified atom stereocenters. The zero-order chi connectivity index (χ0) is 15.7. The largest absolute Gasteiger partial charge is 0.388 e. The minimum absolute atomic E-state index is 0. The van der Waals surface area contributed by atoms with Crippen LogP contribution < -0.4 is 0 Å². The van der Waals surface area contributed by atoms with Crippen molar-refractivity contribution in [3.63, 3.8) is 0 Å². The van der Waals surface area contributed by atoms with E-state index in [2.05, 4.69) is 43.3 Å². The molecule has 0 aliphatic carbocycles. The molecule has 0 aromatic heterocycles. The summed E-state index contributed by atoms with van der Waals surface area (Å²) in [6.07, 6.45) is 0.391. The van der Waals surface area contributed by atoms with Gasteiger partial charge in [-0.2, -0.15) is 0 Å². The molecule has 0 fully saturated rings. The predicted octanol–water partition coefficient (Wildman–Crippen LogP) is 5.00. The van der Waals surface area contributed by atoms with Gasteiger partial charge in [0.05, 0.1) is 6.10 Å². The standard InChI is InChI=1S/C18H20ClNOS.ClH/c1-20(2)10-9-14-13-5-3-4-6-16(13)22-17-8-7-12(19)11-15(17)18(14)21;/h3-8,11,14,18,21H,9-10H2,1-2H3;1H/t14-,18-;/m0./s1. The second-order valence-corrected chi connectivity index (χ2v) is 7.49. The molecule has 0 bridgehead atoms. The van der Waals surface area contributed by atoms with Crippen LogP contribution in [0.1, 0.15) is 29.6 Å². The Morgan fingerprint density at radius 2 is 1.78 bits per heavy atom. The van der Waals surface area contributed by atoms with Crippen LogP contribution in [0.4, 0.5) is 0 Å². The molecule has 5 heteroatoms. The molecule has 1 heterocycles. The zero-order valence-corrected chi connectivity index (χ0v) is 15.6. The monoisotopic (exact) mass is 369 g/mol. The maximum atomic E-state index is 11.0. The lowest BCUT2D eigenvalue weighted by atomic mass is 9.86. The van der Waals surface area contributed by atoms with Crippen LogP contribution in [0.15, 0.2) is 52.3 Å². The first-order chi connectivity index (χ1) is 10.6. The van der Waals surface area contributed by atoms with E-state index in [4.69, 9.17) is 11.6 Å². The summed E-state index contributed by atoms with van der Waals surface area (Å²) in [4.78, 5) is 4.48. The first-order valence-electron chi connectivity index (χ1n) is 7.45. The van der Waals surface area contributed by atoms with Crippen LogP contribution in [0, 0.1) is 0 Å². The summed E-state index contributed by atoms with van der Waals surface area (Å²) in [5.41, 5.74) is 2.17. The second-order valence-electron chi connectivity index (χ2n) is 5.97. The number of nitrogens with zero attached hydrogens (tertiary/aromatic N) is 1. The highest BCUT2D eigenvalue weighted by molar-refractivity contribution is 7.99. The van der Waals surface area contributed by atoms with E-state index in [-0.39, 0.29) is 18.3 Å². The van der Waals surface area contributed by atoms with Crippen molar-refractivity contribution in [1.29, 1.82) is 0 Å². The molecule has 1 aliphatic heterocycles. The number of hydrogen-bond donors (Lipinski definition) is 1. The molecule has 1 aliphatic rings. The van der Waals surface area contributed by atoms with Crippen molar-refractivity contribution in [3.8, 4) is 0 Å². The summed E-state index contributed by atoms with van der Waals surface area (Å²) in [6, 6.07) is 14.2. The Bertz CT molecular complexity index is 678. The highest BCUT2D eigenvalue weighted by atomic mass is 35.5. The van der Waals surface area contributed by atoms with Gasteiger partial charge in [0.25, 0.3) is 0 Å². The fourth-order valence-corrected chi connectivity index (χ4v) is 4.27. The Labute approximate surface area is 153 Å². The highest BCUT2D eigenvalue weighted by Crippen LogP contribution is 2.48. The van der Waals surface area contributed by atoms with E-state index in [1.165, 1.54) is 10.5 Å². The third-order valence-electron chi connectivity index (χ3n) is 4.10. The van der Waals surface area contributed by atoms with Crippen LogP contribution in [-0.2, 0) is 0 Å². The average Bonchev–Trinajstić information content (AvgIpc) is 2.60. The van der Waals surface area contributed by atoms with Gasteiger partial charge in [0.2, 0.25) is 0 Å². The summed E-state index contributed by atoms with van der Waals surface area (Å²) < 4.78 is 0. The van der Waals surface area contributed by atoms with E-state index in [1.807, 2.05) is 18.2 Å². The summed E-state index contributed by atoms with van der Waals surface area (Å²) in [5.74, 6) is 0.0887. The predicted molar refractivity (Wildman–Crippen MR) is 100 cm³/mol. The van der Waals surface area contributed by atoms with Crippen molar-refractivity contribution < 1.29 is 5.11 Å². The van der Waals surface area contributed by atoms with Crippen molar-refractivity contribution in [3.05, 3.63) is 58.6 Å². The molecule has 0 amide bonds. The van der Waals surface area contributed by atoms with Gasteiger partial charge in [-0.25, -0.2) is 0 Å². The van der Waals surface area contributed by atoms with E-state index in [1.54, 1.807) is 11.8 Å². The summed E-state index contributed by atoms with van der Waals surface area (Å²) in [6.45, 7) is 0.941. The van der Waals surface area contributed by atoms with Crippen LogP contribution >= 0.6 is 35.8 Å². The smallest absolute Gasteiger partial charge is 0.0870 e. The van der Waals surface area contributed by atoms with Gasteiger partial charge in [0, 0.05) is 20.7 Å². The molecule has 0 radical (unpaired) electrons. The Balaban J connectivity index is 0.00000192. The second kappa shape index (κ2) is 7.91. The lowest BCUT2D eigenvalue weighted by molar-refractivity contribution is 0.132. The maximum absolute atomic E-state index is 11.0. The van der Waals surface area contributed by atoms with Crippen LogP contribution in [-0.4, -0.2) is 30.6 Å². The van der Waals surface area contributed by atoms with Crippen LogP contribution in [0.25, 0.3) is 0 Å². The summed E-state index contributed by atoms with van der Waals surface area (Å²) in [5, 5.41) is 11.7. The van der Waals surface area contributed by atoms with Gasteiger partial charge in [-0.1, -0.05) is 41.6 Å². The van der Waals surface area contributed by atoms with E-state index in [9.17, 15) is 5.11 Å². The molecular weight excluding hydrogens is 349 g/mol. The van der Waals surface area contributed by atoms with Crippen LogP contribution in [0.3, 0.4) is 0 Å². The third-order valence-corrected chi connectivity index (χ3v) is 5.52. The average molecular weight is 370 g/mol. The molecule has 23 heavy (non-hydrogen) atoms. The molecule has 2 aromatic carbocycles. The lowest BCUT2D eigenvalue weighted by Gasteiger charge is -2.25. The minimum Gasteiger partial charge on any atom is -0.388 e. The third kappa shape index (κ3) is 4.04.